The van der Waals surface area contributed by atoms with E-state index in [1.165, 1.54) is 0 Å². The summed E-state index contributed by atoms with van der Waals surface area (Å²) in [5.41, 5.74) is 1.52. The van der Waals surface area contributed by atoms with E-state index in [-0.39, 0.29) is 6.10 Å². The quantitative estimate of drug-likeness (QED) is 0.789. The molecule has 1 aromatic rings. The summed E-state index contributed by atoms with van der Waals surface area (Å²) < 4.78 is 5.10. The van der Waals surface area contributed by atoms with Crippen LogP contribution in [0.3, 0.4) is 0 Å². The molecule has 0 spiro atoms. The molecule has 0 saturated carbocycles. The number of nitrogens with one attached hydrogen (secondary N) is 1. The normalized spacial score (nSPS) is 11.8. The van der Waals surface area contributed by atoms with Crippen molar-refractivity contribution in [1.29, 1.82) is 5.26 Å². The minimum absolute atomic E-state index is 0.141. The third-order valence-corrected chi connectivity index (χ3v) is 2.03. The van der Waals surface area contributed by atoms with Gasteiger partial charge in [0.2, 0.25) is 0 Å². The minimum atomic E-state index is 0.141. The van der Waals surface area contributed by atoms with E-state index in [2.05, 4.69) is 11.4 Å². The van der Waals surface area contributed by atoms with Gasteiger partial charge in [0.15, 0.2) is 0 Å². The van der Waals surface area contributed by atoms with Gasteiger partial charge in [-0.1, -0.05) is 12.1 Å². The third-order valence-electron chi connectivity index (χ3n) is 2.03. The second-order valence-electron chi connectivity index (χ2n) is 3.08. The highest BCUT2D eigenvalue weighted by atomic mass is 16.5. The van der Waals surface area contributed by atoms with Crippen LogP contribution in [-0.2, 0) is 4.74 Å². The van der Waals surface area contributed by atoms with Gasteiger partial charge in [0.05, 0.1) is 17.4 Å². The molecule has 1 atom stereocenters. The van der Waals surface area contributed by atoms with Crippen molar-refractivity contribution in [3.8, 4) is 6.07 Å². The van der Waals surface area contributed by atoms with Crippen molar-refractivity contribution < 1.29 is 4.74 Å². The number of rotatable bonds is 4. The van der Waals surface area contributed by atoms with Crippen molar-refractivity contribution in [1.82, 2.24) is 0 Å². The molecular weight excluding hydrogens is 176 g/mol. The van der Waals surface area contributed by atoms with Crippen LogP contribution in [-0.4, -0.2) is 19.8 Å². The Balaban J connectivity index is 2.63. The number of hydrogen-bond acceptors (Lipinski definition) is 3. The molecule has 0 fully saturated rings. The average molecular weight is 190 g/mol. The monoisotopic (exact) mass is 190 g/mol. The van der Waals surface area contributed by atoms with Crippen molar-refractivity contribution in [2.24, 2.45) is 0 Å². The van der Waals surface area contributed by atoms with Crippen molar-refractivity contribution in [2.45, 2.75) is 13.0 Å². The molecule has 0 heterocycles. The maximum absolute atomic E-state index is 8.82. The number of benzene rings is 1. The predicted octanol–water partition coefficient (Wildman–Crippen LogP) is 2.01. The highest BCUT2D eigenvalue weighted by molar-refractivity contribution is 5.57. The van der Waals surface area contributed by atoms with Crippen LogP contribution in [0.15, 0.2) is 24.3 Å². The molecular formula is C11H14N2O. The highest BCUT2D eigenvalue weighted by Crippen LogP contribution is 2.13. The molecule has 74 valence electrons. The summed E-state index contributed by atoms with van der Waals surface area (Å²) in [6.07, 6.45) is 0.141. The fraction of sp³-hybridized carbons (Fsp3) is 0.364. The summed E-state index contributed by atoms with van der Waals surface area (Å²) in [6, 6.07) is 9.57. The Morgan fingerprint density at radius 3 is 2.86 bits per heavy atom. The topological polar surface area (TPSA) is 45.0 Å². The van der Waals surface area contributed by atoms with Gasteiger partial charge in [0.1, 0.15) is 6.07 Å². The van der Waals surface area contributed by atoms with Gasteiger partial charge in [-0.25, -0.2) is 0 Å². The summed E-state index contributed by atoms with van der Waals surface area (Å²) in [4.78, 5) is 0. The van der Waals surface area contributed by atoms with Gasteiger partial charge in [-0.3, -0.25) is 0 Å². The van der Waals surface area contributed by atoms with E-state index in [1.807, 2.05) is 25.1 Å². The SMILES string of the molecule is COC(C)CNc1ccccc1C#N. The van der Waals surface area contributed by atoms with Gasteiger partial charge < -0.3 is 10.1 Å². The molecule has 0 radical (unpaired) electrons. The number of anilines is 1. The lowest BCUT2D eigenvalue weighted by Gasteiger charge is -2.12. The molecule has 1 N–H and O–H groups in total. The molecule has 0 saturated heterocycles. The van der Waals surface area contributed by atoms with Gasteiger partial charge in [-0.2, -0.15) is 5.26 Å². The van der Waals surface area contributed by atoms with Crippen molar-refractivity contribution in [2.75, 3.05) is 19.0 Å². The molecule has 0 aliphatic heterocycles. The molecule has 0 aliphatic rings. The van der Waals surface area contributed by atoms with Gasteiger partial charge in [-0.05, 0) is 19.1 Å². The lowest BCUT2D eigenvalue weighted by Crippen LogP contribution is -2.18. The third kappa shape index (κ3) is 2.75. The average Bonchev–Trinajstić information content (AvgIpc) is 2.26. The maximum atomic E-state index is 8.82. The number of nitriles is 1. The molecule has 3 heteroatoms. The van der Waals surface area contributed by atoms with Gasteiger partial charge in [0.25, 0.3) is 0 Å². The highest BCUT2D eigenvalue weighted by Gasteiger charge is 2.02. The van der Waals surface area contributed by atoms with Crippen LogP contribution < -0.4 is 5.32 Å². The smallest absolute Gasteiger partial charge is 0.101 e. The van der Waals surface area contributed by atoms with Crippen LogP contribution in [0.2, 0.25) is 0 Å². The first kappa shape index (κ1) is 10.6. The number of ether oxygens (including phenoxy) is 1. The Kier molecular flexibility index (Phi) is 3.96. The summed E-state index contributed by atoms with van der Waals surface area (Å²) in [7, 11) is 1.67. The molecule has 0 amide bonds. The number of methoxy groups -OCH3 is 1. The van der Waals surface area contributed by atoms with E-state index < -0.39 is 0 Å². The van der Waals surface area contributed by atoms with E-state index in [4.69, 9.17) is 10.00 Å². The second kappa shape index (κ2) is 5.25. The maximum Gasteiger partial charge on any atom is 0.101 e. The van der Waals surface area contributed by atoms with E-state index in [1.54, 1.807) is 13.2 Å². The zero-order chi connectivity index (χ0) is 10.4. The van der Waals surface area contributed by atoms with Crippen molar-refractivity contribution >= 4 is 5.69 Å². The number of para-hydroxylation sites is 1. The molecule has 0 bridgehead atoms. The first-order chi connectivity index (χ1) is 6.77. The molecule has 0 aromatic heterocycles. The zero-order valence-electron chi connectivity index (χ0n) is 8.45. The molecule has 1 aromatic carbocycles. The number of nitrogens with zero attached hydrogens (tertiary/aromatic N) is 1. The van der Waals surface area contributed by atoms with Crippen LogP contribution >= 0.6 is 0 Å². The lowest BCUT2D eigenvalue weighted by atomic mass is 10.2. The van der Waals surface area contributed by atoms with Crippen LogP contribution in [0.1, 0.15) is 12.5 Å². The predicted molar refractivity (Wildman–Crippen MR) is 56.1 cm³/mol. The fourth-order valence-electron chi connectivity index (χ4n) is 1.07. The fourth-order valence-corrected chi connectivity index (χ4v) is 1.07. The Morgan fingerprint density at radius 2 is 2.21 bits per heavy atom. The van der Waals surface area contributed by atoms with Crippen molar-refractivity contribution in [3.63, 3.8) is 0 Å². The molecule has 14 heavy (non-hydrogen) atoms. The Bertz CT molecular complexity index is 330. The molecule has 3 nitrogen and oxygen atoms in total. The Hall–Kier alpha value is -1.53. The lowest BCUT2D eigenvalue weighted by molar-refractivity contribution is 0.129. The summed E-state index contributed by atoms with van der Waals surface area (Å²) in [5.74, 6) is 0. The van der Waals surface area contributed by atoms with E-state index in [0.717, 1.165) is 5.69 Å². The van der Waals surface area contributed by atoms with Gasteiger partial charge >= 0.3 is 0 Å². The molecule has 1 unspecified atom stereocenters. The molecule has 0 aliphatic carbocycles. The first-order valence-corrected chi connectivity index (χ1v) is 4.53. The zero-order valence-corrected chi connectivity index (χ0v) is 8.45. The Labute approximate surface area is 84.3 Å². The first-order valence-electron chi connectivity index (χ1n) is 4.53. The van der Waals surface area contributed by atoms with Gasteiger partial charge in [-0.15, -0.1) is 0 Å². The van der Waals surface area contributed by atoms with Crippen molar-refractivity contribution in [3.05, 3.63) is 29.8 Å². The standard InChI is InChI=1S/C11H14N2O/c1-9(14-2)8-13-11-6-4-3-5-10(11)7-12/h3-6,9,13H,8H2,1-2H3. The van der Waals surface area contributed by atoms with E-state index in [9.17, 15) is 0 Å². The van der Waals surface area contributed by atoms with Crippen LogP contribution in [0, 0.1) is 11.3 Å². The summed E-state index contributed by atoms with van der Waals surface area (Å²) >= 11 is 0. The van der Waals surface area contributed by atoms with Crippen LogP contribution in [0.25, 0.3) is 0 Å². The minimum Gasteiger partial charge on any atom is -0.381 e. The summed E-state index contributed by atoms with van der Waals surface area (Å²) in [5, 5.41) is 12.0. The number of hydrogen-bond donors (Lipinski definition) is 1. The second-order valence-corrected chi connectivity index (χ2v) is 3.08. The Morgan fingerprint density at radius 1 is 1.50 bits per heavy atom. The van der Waals surface area contributed by atoms with Gasteiger partial charge in [0, 0.05) is 13.7 Å². The van der Waals surface area contributed by atoms with Crippen LogP contribution in [0.4, 0.5) is 5.69 Å². The molecule has 1 rings (SSSR count). The largest absolute Gasteiger partial charge is 0.381 e. The van der Waals surface area contributed by atoms with Crippen LogP contribution in [0.5, 0.6) is 0 Å². The van der Waals surface area contributed by atoms with E-state index in [0.29, 0.717) is 12.1 Å². The summed E-state index contributed by atoms with van der Waals surface area (Å²) in [6.45, 7) is 2.68. The van der Waals surface area contributed by atoms with E-state index >= 15 is 0 Å².